The highest BCUT2D eigenvalue weighted by Gasteiger charge is 2.43. The van der Waals surface area contributed by atoms with E-state index in [4.69, 9.17) is 18.3 Å². The van der Waals surface area contributed by atoms with Crippen LogP contribution in [0.15, 0.2) is 0 Å². The molecule has 0 bridgehead atoms. The van der Waals surface area contributed by atoms with Gasteiger partial charge in [-0.2, -0.15) is 0 Å². The van der Waals surface area contributed by atoms with Gasteiger partial charge in [0.2, 0.25) is 0 Å². The maximum absolute atomic E-state index is 13.0. The molecular formula is C18H37O5P. The Balaban J connectivity index is 2.76. The fourth-order valence-electron chi connectivity index (χ4n) is 2.94. The molecule has 0 aromatic heterocycles. The number of unbranched alkanes of at least 4 members (excludes halogenated alkanes) is 2. The highest BCUT2D eigenvalue weighted by Crippen LogP contribution is 2.53. The first-order valence-corrected chi connectivity index (χ1v) is 11.1. The molecule has 1 fully saturated rings. The lowest BCUT2D eigenvalue weighted by Crippen LogP contribution is -2.45. The van der Waals surface area contributed by atoms with E-state index in [0.717, 1.165) is 32.1 Å². The van der Waals surface area contributed by atoms with Crippen molar-refractivity contribution >= 4 is 7.82 Å². The summed E-state index contributed by atoms with van der Waals surface area (Å²) >= 11 is 0. The van der Waals surface area contributed by atoms with Crippen LogP contribution < -0.4 is 0 Å². The van der Waals surface area contributed by atoms with Gasteiger partial charge in [0.05, 0.1) is 19.3 Å². The Labute approximate surface area is 148 Å². The van der Waals surface area contributed by atoms with E-state index < -0.39 is 14.1 Å². The lowest BCUT2D eigenvalue weighted by atomic mass is 9.78. The van der Waals surface area contributed by atoms with Crippen molar-refractivity contribution < 1.29 is 22.9 Å². The van der Waals surface area contributed by atoms with E-state index in [0.29, 0.717) is 25.0 Å². The second-order valence-corrected chi connectivity index (χ2v) is 8.58. The molecule has 1 saturated heterocycles. The lowest BCUT2D eigenvalue weighted by Gasteiger charge is -2.43. The molecule has 144 valence electrons. The standard InChI is InChI=1S/C18H37O5P/c1-7-10-12-20-24(19,21-13-11-8-2)23-18-16(6)14(4)15(5)17(9-3)22-18/h14-18H,7-13H2,1-6H3/t14-,15-,16?,17?,18-/m0/s1. The van der Waals surface area contributed by atoms with Crippen LogP contribution in [0.25, 0.3) is 0 Å². The summed E-state index contributed by atoms with van der Waals surface area (Å²) in [5.41, 5.74) is 0. The largest absolute Gasteiger partial charge is 0.477 e. The summed E-state index contributed by atoms with van der Waals surface area (Å²) in [5, 5.41) is 0. The van der Waals surface area contributed by atoms with E-state index in [1.54, 1.807) is 0 Å². The van der Waals surface area contributed by atoms with E-state index in [1.807, 2.05) is 0 Å². The number of rotatable bonds is 11. The van der Waals surface area contributed by atoms with Crippen LogP contribution in [0.5, 0.6) is 0 Å². The van der Waals surface area contributed by atoms with Crippen LogP contribution in [-0.4, -0.2) is 25.6 Å². The quantitative estimate of drug-likeness (QED) is 0.343. The lowest BCUT2D eigenvalue weighted by molar-refractivity contribution is -0.219. The number of phosphoric ester groups is 1. The van der Waals surface area contributed by atoms with Crippen LogP contribution in [-0.2, 0) is 22.9 Å². The molecule has 1 aliphatic heterocycles. The third-order valence-corrected chi connectivity index (χ3v) is 6.58. The first-order valence-electron chi connectivity index (χ1n) is 9.61. The highest BCUT2D eigenvalue weighted by atomic mass is 31.2. The molecule has 0 radical (unpaired) electrons. The van der Waals surface area contributed by atoms with Gasteiger partial charge in [-0.1, -0.05) is 54.4 Å². The molecule has 2 unspecified atom stereocenters. The van der Waals surface area contributed by atoms with Crippen molar-refractivity contribution in [2.24, 2.45) is 17.8 Å². The first kappa shape index (κ1) is 22.1. The Morgan fingerprint density at radius 2 is 1.42 bits per heavy atom. The van der Waals surface area contributed by atoms with E-state index in [1.165, 1.54) is 0 Å². The van der Waals surface area contributed by atoms with E-state index >= 15 is 0 Å². The summed E-state index contributed by atoms with van der Waals surface area (Å²) in [6.45, 7) is 13.5. The van der Waals surface area contributed by atoms with E-state index in [9.17, 15) is 4.57 Å². The van der Waals surface area contributed by atoms with Gasteiger partial charge in [-0.3, -0.25) is 13.6 Å². The molecule has 5 nitrogen and oxygen atoms in total. The van der Waals surface area contributed by atoms with Crippen molar-refractivity contribution in [3.63, 3.8) is 0 Å². The predicted octanol–water partition coefficient (Wildman–Crippen LogP) is 5.79. The fraction of sp³-hybridized carbons (Fsp3) is 1.00. The van der Waals surface area contributed by atoms with Crippen molar-refractivity contribution in [1.82, 2.24) is 0 Å². The molecule has 0 aliphatic carbocycles. The normalized spacial score (nSPS) is 31.3. The zero-order chi connectivity index (χ0) is 18.2. The number of phosphoric acid groups is 1. The van der Waals surface area contributed by atoms with Crippen LogP contribution >= 0.6 is 7.82 Å². The first-order chi connectivity index (χ1) is 11.4. The molecule has 5 atom stereocenters. The Morgan fingerprint density at radius 1 is 0.875 bits per heavy atom. The van der Waals surface area contributed by atoms with Crippen LogP contribution in [0.4, 0.5) is 0 Å². The molecule has 0 saturated carbocycles. The second-order valence-electron chi connectivity index (χ2n) is 6.95. The van der Waals surface area contributed by atoms with Gasteiger partial charge >= 0.3 is 7.82 Å². The minimum absolute atomic E-state index is 0.112. The molecule has 1 heterocycles. The smallest absolute Gasteiger partial charge is 0.348 e. The maximum Gasteiger partial charge on any atom is 0.477 e. The molecule has 0 spiro atoms. The molecule has 0 amide bonds. The second kappa shape index (κ2) is 10.9. The molecular weight excluding hydrogens is 327 g/mol. The van der Waals surface area contributed by atoms with Gasteiger partial charge in [-0.15, -0.1) is 0 Å². The summed E-state index contributed by atoms with van der Waals surface area (Å²) in [5.74, 6) is 1.01. The average Bonchev–Trinajstić information content (AvgIpc) is 2.56. The SMILES string of the molecule is CCCCOP(=O)(OCCCC)O[C@@H]1OC(CC)[C@@H](C)[C@H](C)C1C. The molecule has 0 N–H and O–H groups in total. The van der Waals surface area contributed by atoms with E-state index in [-0.39, 0.29) is 12.0 Å². The number of ether oxygens (including phenoxy) is 1. The molecule has 0 aromatic rings. The van der Waals surface area contributed by atoms with Gasteiger partial charge in [0, 0.05) is 5.92 Å². The Bertz CT molecular complexity index is 374. The molecule has 1 rings (SSSR count). The average molecular weight is 364 g/mol. The van der Waals surface area contributed by atoms with Crippen LogP contribution in [0.3, 0.4) is 0 Å². The summed E-state index contributed by atoms with van der Waals surface area (Å²) in [6.07, 6.45) is 4.08. The van der Waals surface area contributed by atoms with Crippen LogP contribution in [0.2, 0.25) is 0 Å². The Kier molecular flexibility index (Phi) is 10.1. The van der Waals surface area contributed by atoms with Crippen molar-refractivity contribution in [2.45, 2.75) is 86.0 Å². The molecule has 1 aliphatic rings. The number of hydrogen-bond donors (Lipinski definition) is 0. The summed E-state index contributed by atoms with van der Waals surface area (Å²) < 4.78 is 36.0. The van der Waals surface area contributed by atoms with Gasteiger partial charge in [0.1, 0.15) is 0 Å². The molecule has 0 aromatic carbocycles. The zero-order valence-corrected chi connectivity index (χ0v) is 17.2. The van der Waals surface area contributed by atoms with Gasteiger partial charge < -0.3 is 4.74 Å². The fourth-order valence-corrected chi connectivity index (χ4v) is 4.34. The van der Waals surface area contributed by atoms with Gasteiger partial charge in [0.15, 0.2) is 6.29 Å². The van der Waals surface area contributed by atoms with Crippen molar-refractivity contribution in [3.8, 4) is 0 Å². The molecule has 24 heavy (non-hydrogen) atoms. The highest BCUT2D eigenvalue weighted by molar-refractivity contribution is 7.48. The molecule has 6 heteroatoms. The Hall–Kier alpha value is 0.0700. The van der Waals surface area contributed by atoms with Gasteiger partial charge in [-0.25, -0.2) is 4.57 Å². The summed E-state index contributed by atoms with van der Waals surface area (Å²) in [6, 6.07) is 0. The van der Waals surface area contributed by atoms with E-state index in [2.05, 4.69) is 41.5 Å². The minimum Gasteiger partial charge on any atom is -0.348 e. The third kappa shape index (κ3) is 6.42. The zero-order valence-electron chi connectivity index (χ0n) is 16.3. The monoisotopic (exact) mass is 364 g/mol. The van der Waals surface area contributed by atoms with Crippen molar-refractivity contribution in [1.29, 1.82) is 0 Å². The topological polar surface area (TPSA) is 54.0 Å². The van der Waals surface area contributed by atoms with Gasteiger partial charge in [0.25, 0.3) is 0 Å². The third-order valence-electron chi connectivity index (χ3n) is 5.11. The van der Waals surface area contributed by atoms with Crippen molar-refractivity contribution in [3.05, 3.63) is 0 Å². The minimum atomic E-state index is -3.59. The van der Waals surface area contributed by atoms with Crippen LogP contribution in [0.1, 0.15) is 73.6 Å². The van der Waals surface area contributed by atoms with Crippen molar-refractivity contribution in [2.75, 3.05) is 13.2 Å². The summed E-state index contributed by atoms with van der Waals surface area (Å²) in [7, 11) is -3.59. The number of hydrogen-bond acceptors (Lipinski definition) is 5. The van der Waals surface area contributed by atoms with Gasteiger partial charge in [-0.05, 0) is 31.1 Å². The Morgan fingerprint density at radius 3 is 1.88 bits per heavy atom. The van der Waals surface area contributed by atoms with Crippen LogP contribution in [0, 0.1) is 17.8 Å². The summed E-state index contributed by atoms with van der Waals surface area (Å²) in [4.78, 5) is 0. The maximum atomic E-state index is 13.0. The predicted molar refractivity (Wildman–Crippen MR) is 96.9 cm³/mol.